The molecule has 0 aliphatic rings. The predicted molar refractivity (Wildman–Crippen MR) is 127 cm³/mol. The lowest BCUT2D eigenvalue weighted by Crippen LogP contribution is -2.06. The van der Waals surface area contributed by atoms with Gasteiger partial charge in [0.2, 0.25) is 0 Å². The van der Waals surface area contributed by atoms with Gasteiger partial charge in [-0.05, 0) is 74.2 Å². The lowest BCUT2D eigenvalue weighted by molar-refractivity contribution is -0.384. The summed E-state index contributed by atoms with van der Waals surface area (Å²) in [5, 5.41) is 15.1. The van der Waals surface area contributed by atoms with E-state index in [-0.39, 0.29) is 5.69 Å². The van der Waals surface area contributed by atoms with E-state index in [0.29, 0.717) is 32.9 Å². The number of nitro benzene ring substituents is 1. The predicted octanol–water partition coefficient (Wildman–Crippen LogP) is 7.47. The molecule has 0 bridgehead atoms. The van der Waals surface area contributed by atoms with E-state index in [1.807, 2.05) is 31.2 Å². The van der Waals surface area contributed by atoms with Gasteiger partial charge in [-0.1, -0.05) is 29.8 Å². The molecule has 3 aromatic carbocycles. The number of nitrogens with one attached hydrogen (secondary N) is 1. The Bertz CT molecular complexity index is 1190. The minimum Gasteiger partial charge on any atom is -0.487 e. The summed E-state index contributed by atoms with van der Waals surface area (Å²) in [5.74, 6) is 0.583. The van der Waals surface area contributed by atoms with E-state index in [1.54, 1.807) is 12.1 Å². The molecule has 172 valence electrons. The third-order valence-electron chi connectivity index (χ3n) is 4.41. The fraction of sp³-hybridized carbons (Fsp3) is 0.136. The minimum atomic E-state index is -4.69. The standard InChI is InChI=1S/C22H16Br2F3N3O3/c1-13-3-2-4-14(7-13)12-33-21-17(23)8-15(9-18(21)24)11-28-29-19-6-5-16(22(25,26)27)10-20(19)30(31)32/h2-11,29H,12H2,1H3/b28-11-. The maximum atomic E-state index is 12.8. The van der Waals surface area contributed by atoms with Crippen molar-refractivity contribution in [1.29, 1.82) is 0 Å². The van der Waals surface area contributed by atoms with Gasteiger partial charge in [0.1, 0.15) is 18.0 Å². The molecule has 0 aliphatic carbocycles. The SMILES string of the molecule is Cc1cccc(COc2c(Br)cc(/C=N\Nc3ccc(C(F)(F)F)cc3[N+](=O)[O-])cc2Br)c1. The lowest BCUT2D eigenvalue weighted by Gasteiger charge is -2.12. The van der Waals surface area contributed by atoms with Crippen molar-refractivity contribution in [2.75, 3.05) is 5.43 Å². The number of hydrazone groups is 1. The van der Waals surface area contributed by atoms with E-state index in [1.165, 1.54) is 6.21 Å². The summed E-state index contributed by atoms with van der Waals surface area (Å²) in [4.78, 5) is 10.3. The molecule has 3 aromatic rings. The summed E-state index contributed by atoms with van der Waals surface area (Å²) < 4.78 is 45.7. The summed E-state index contributed by atoms with van der Waals surface area (Å²) in [5.41, 5.74) is 3.17. The van der Waals surface area contributed by atoms with Crippen LogP contribution >= 0.6 is 31.9 Å². The first kappa shape index (κ1) is 24.7. The topological polar surface area (TPSA) is 76.8 Å². The number of benzene rings is 3. The van der Waals surface area contributed by atoms with Crippen LogP contribution in [0.3, 0.4) is 0 Å². The lowest BCUT2D eigenvalue weighted by atomic mass is 10.1. The van der Waals surface area contributed by atoms with Crippen LogP contribution in [0, 0.1) is 17.0 Å². The van der Waals surface area contributed by atoms with Crippen molar-refractivity contribution in [3.05, 3.63) is 95.9 Å². The van der Waals surface area contributed by atoms with Gasteiger partial charge >= 0.3 is 6.18 Å². The van der Waals surface area contributed by atoms with E-state index < -0.39 is 22.4 Å². The maximum absolute atomic E-state index is 12.8. The van der Waals surface area contributed by atoms with Crippen LogP contribution in [-0.2, 0) is 12.8 Å². The molecule has 0 heterocycles. The number of halogens is 5. The molecule has 0 fully saturated rings. The number of nitro groups is 1. The molecule has 0 saturated heterocycles. The quantitative estimate of drug-likeness (QED) is 0.177. The van der Waals surface area contributed by atoms with Crippen molar-refractivity contribution in [1.82, 2.24) is 0 Å². The van der Waals surface area contributed by atoms with Gasteiger partial charge in [-0.2, -0.15) is 18.3 Å². The zero-order chi connectivity index (χ0) is 24.2. The summed E-state index contributed by atoms with van der Waals surface area (Å²) in [7, 11) is 0. The fourth-order valence-corrected chi connectivity index (χ4v) is 4.33. The van der Waals surface area contributed by atoms with E-state index in [2.05, 4.69) is 42.4 Å². The van der Waals surface area contributed by atoms with Crippen molar-refractivity contribution < 1.29 is 22.8 Å². The van der Waals surface area contributed by atoms with Gasteiger partial charge in [-0.15, -0.1) is 0 Å². The van der Waals surface area contributed by atoms with Crippen LogP contribution in [0.1, 0.15) is 22.3 Å². The van der Waals surface area contributed by atoms with Crippen molar-refractivity contribution in [2.45, 2.75) is 19.7 Å². The van der Waals surface area contributed by atoms with Gasteiger partial charge in [0.05, 0.1) is 25.6 Å². The maximum Gasteiger partial charge on any atom is 0.416 e. The Morgan fingerprint density at radius 1 is 1.12 bits per heavy atom. The zero-order valence-electron chi connectivity index (χ0n) is 17.0. The van der Waals surface area contributed by atoms with Gasteiger partial charge in [-0.25, -0.2) is 0 Å². The van der Waals surface area contributed by atoms with Crippen LogP contribution in [-0.4, -0.2) is 11.1 Å². The molecule has 11 heteroatoms. The number of hydrogen-bond acceptors (Lipinski definition) is 5. The summed E-state index contributed by atoms with van der Waals surface area (Å²) in [6.07, 6.45) is -3.31. The molecule has 0 radical (unpaired) electrons. The molecule has 33 heavy (non-hydrogen) atoms. The van der Waals surface area contributed by atoms with Gasteiger partial charge in [-0.3, -0.25) is 15.5 Å². The molecule has 0 aliphatic heterocycles. The van der Waals surface area contributed by atoms with Gasteiger partial charge in [0.15, 0.2) is 0 Å². The van der Waals surface area contributed by atoms with Crippen LogP contribution in [0.15, 0.2) is 68.6 Å². The summed E-state index contributed by atoms with van der Waals surface area (Å²) in [6, 6.07) is 13.6. The van der Waals surface area contributed by atoms with Crippen molar-refractivity contribution >= 4 is 49.4 Å². The molecular formula is C22H16Br2F3N3O3. The molecule has 0 atom stereocenters. The highest BCUT2D eigenvalue weighted by molar-refractivity contribution is 9.11. The Labute approximate surface area is 203 Å². The second kappa shape index (κ2) is 10.3. The largest absolute Gasteiger partial charge is 0.487 e. The molecule has 0 aromatic heterocycles. The minimum absolute atomic E-state index is 0.166. The number of ether oxygens (including phenoxy) is 1. The van der Waals surface area contributed by atoms with Crippen LogP contribution in [0.5, 0.6) is 5.75 Å². The monoisotopic (exact) mass is 585 g/mol. The molecule has 1 N–H and O–H groups in total. The highest BCUT2D eigenvalue weighted by Crippen LogP contribution is 2.36. The zero-order valence-corrected chi connectivity index (χ0v) is 20.2. The van der Waals surface area contributed by atoms with Crippen LogP contribution in [0.4, 0.5) is 24.5 Å². The Morgan fingerprint density at radius 3 is 2.42 bits per heavy atom. The average molecular weight is 587 g/mol. The van der Waals surface area contributed by atoms with E-state index in [9.17, 15) is 23.3 Å². The average Bonchev–Trinajstić information content (AvgIpc) is 2.72. The second-order valence-corrected chi connectivity index (χ2v) is 8.66. The van der Waals surface area contributed by atoms with E-state index >= 15 is 0 Å². The van der Waals surface area contributed by atoms with Crippen LogP contribution in [0.2, 0.25) is 0 Å². The van der Waals surface area contributed by atoms with Gasteiger partial charge in [0.25, 0.3) is 5.69 Å². The number of anilines is 1. The molecule has 6 nitrogen and oxygen atoms in total. The Kier molecular flexibility index (Phi) is 7.75. The Morgan fingerprint density at radius 2 is 1.82 bits per heavy atom. The first-order chi connectivity index (χ1) is 15.5. The first-order valence-electron chi connectivity index (χ1n) is 9.36. The molecule has 0 saturated carbocycles. The van der Waals surface area contributed by atoms with Gasteiger partial charge < -0.3 is 4.74 Å². The third-order valence-corrected chi connectivity index (χ3v) is 5.58. The van der Waals surface area contributed by atoms with Crippen LogP contribution < -0.4 is 10.2 Å². The summed E-state index contributed by atoms with van der Waals surface area (Å²) in [6.45, 7) is 2.36. The number of alkyl halides is 3. The molecule has 0 spiro atoms. The Hall–Kier alpha value is -2.92. The van der Waals surface area contributed by atoms with Gasteiger partial charge in [0, 0.05) is 6.07 Å². The normalized spacial score (nSPS) is 11.6. The van der Waals surface area contributed by atoms with E-state index in [0.717, 1.165) is 23.3 Å². The highest BCUT2D eigenvalue weighted by Gasteiger charge is 2.33. The Balaban J connectivity index is 1.74. The smallest absolute Gasteiger partial charge is 0.416 e. The van der Waals surface area contributed by atoms with Crippen LogP contribution in [0.25, 0.3) is 0 Å². The number of rotatable bonds is 7. The second-order valence-electron chi connectivity index (χ2n) is 6.95. The molecule has 3 rings (SSSR count). The fourth-order valence-electron chi connectivity index (χ4n) is 2.88. The van der Waals surface area contributed by atoms with Crippen molar-refractivity contribution in [3.8, 4) is 5.75 Å². The third kappa shape index (κ3) is 6.55. The number of aryl methyl sites for hydroxylation is 1. The molecular weight excluding hydrogens is 571 g/mol. The summed E-state index contributed by atoms with van der Waals surface area (Å²) >= 11 is 6.89. The number of hydrogen-bond donors (Lipinski definition) is 1. The van der Waals surface area contributed by atoms with Crippen molar-refractivity contribution in [2.24, 2.45) is 5.10 Å². The molecule has 0 amide bonds. The highest BCUT2D eigenvalue weighted by atomic mass is 79.9. The van der Waals surface area contributed by atoms with Crippen molar-refractivity contribution in [3.63, 3.8) is 0 Å². The number of nitrogens with zero attached hydrogens (tertiary/aromatic N) is 2. The molecule has 0 unspecified atom stereocenters. The first-order valence-corrected chi connectivity index (χ1v) is 11.0. The van der Waals surface area contributed by atoms with E-state index in [4.69, 9.17) is 4.74 Å².